The van der Waals surface area contributed by atoms with Crippen LogP contribution in [0.3, 0.4) is 0 Å². The van der Waals surface area contributed by atoms with E-state index in [0.29, 0.717) is 12.8 Å². The first-order valence-electron chi connectivity index (χ1n) is 29.4. The fourth-order valence-electron chi connectivity index (χ4n) is 9.58. The number of allylic oxidation sites excluding steroid dienone is 8. The molecule has 0 radical (unpaired) electrons. The molecule has 14 heteroatoms. The topological polar surface area (TPSA) is 228 Å². The molecule has 0 aromatic rings. The predicted octanol–water partition coefficient (Wildman–Crippen LogP) is 9.61. The summed E-state index contributed by atoms with van der Waals surface area (Å²) in [7, 11) is 0. The maximum absolute atomic E-state index is 13.3. The number of carbonyl (C=O) groups excluding carboxylic acids is 1. The summed E-state index contributed by atoms with van der Waals surface area (Å²) in [4.78, 5) is 13.3. The zero-order valence-electron chi connectivity index (χ0n) is 45.6. The highest BCUT2D eigenvalue weighted by atomic mass is 16.7. The molecule has 426 valence electrons. The van der Waals surface area contributed by atoms with Crippen molar-refractivity contribution in [3.63, 3.8) is 0 Å². The van der Waals surface area contributed by atoms with Gasteiger partial charge in [0.25, 0.3) is 0 Å². The third kappa shape index (κ3) is 31.1. The van der Waals surface area contributed by atoms with Gasteiger partial charge in [0.2, 0.25) is 5.91 Å². The maximum atomic E-state index is 13.3. The van der Waals surface area contributed by atoms with Crippen molar-refractivity contribution in [1.29, 1.82) is 0 Å². The van der Waals surface area contributed by atoms with Gasteiger partial charge < -0.3 is 65.1 Å². The van der Waals surface area contributed by atoms with E-state index in [0.717, 1.165) is 83.5 Å². The fourth-order valence-corrected chi connectivity index (χ4v) is 9.58. The number of amides is 1. The van der Waals surface area contributed by atoms with E-state index in [9.17, 15) is 45.6 Å². The van der Waals surface area contributed by atoms with Gasteiger partial charge in [-0.1, -0.05) is 217 Å². The highest BCUT2D eigenvalue weighted by Gasteiger charge is 2.51. The number of hydrogen-bond acceptors (Lipinski definition) is 13. The summed E-state index contributed by atoms with van der Waals surface area (Å²) in [5, 5.41) is 87.2. The zero-order valence-corrected chi connectivity index (χ0v) is 45.6. The van der Waals surface area contributed by atoms with Crippen LogP contribution in [0, 0.1) is 0 Å². The van der Waals surface area contributed by atoms with Gasteiger partial charge >= 0.3 is 0 Å². The van der Waals surface area contributed by atoms with Gasteiger partial charge in [0.1, 0.15) is 48.8 Å². The Morgan fingerprint density at radius 3 is 1.45 bits per heavy atom. The Kier molecular flexibility index (Phi) is 41.4. The van der Waals surface area contributed by atoms with Crippen molar-refractivity contribution < 1.29 is 64.6 Å². The van der Waals surface area contributed by atoms with Gasteiger partial charge in [0.05, 0.1) is 32.0 Å². The van der Waals surface area contributed by atoms with E-state index in [-0.39, 0.29) is 12.5 Å². The third-order valence-electron chi connectivity index (χ3n) is 14.3. The van der Waals surface area contributed by atoms with E-state index in [1.165, 1.54) is 116 Å². The molecule has 0 aromatic carbocycles. The van der Waals surface area contributed by atoms with E-state index < -0.39 is 86.8 Å². The summed E-state index contributed by atoms with van der Waals surface area (Å²) in [6.07, 6.45) is 38.1. The van der Waals surface area contributed by atoms with Crippen molar-refractivity contribution >= 4 is 5.91 Å². The van der Waals surface area contributed by atoms with Crippen molar-refractivity contribution in [2.75, 3.05) is 19.8 Å². The molecule has 2 fully saturated rings. The van der Waals surface area contributed by atoms with Crippen LogP contribution in [-0.4, -0.2) is 140 Å². The van der Waals surface area contributed by atoms with Crippen LogP contribution < -0.4 is 5.32 Å². The molecule has 2 aliphatic heterocycles. The monoisotopic (exact) mass is 1040 g/mol. The Labute approximate surface area is 442 Å². The molecule has 0 bridgehead atoms. The second kappa shape index (κ2) is 45.0. The SMILES string of the molecule is CC/C=C\C/C=C\C/C=C\C/C=C\CCCCCCCCCCCCC(=O)NC(COC1OC(CO)C(OC2OC(CO)C(O)C(O)C2O)C(O)C1O)C(O)CCCCCCCCCCCCCCCCCC. The molecule has 0 spiro atoms. The summed E-state index contributed by atoms with van der Waals surface area (Å²) in [6.45, 7) is 2.75. The lowest BCUT2D eigenvalue weighted by Gasteiger charge is -2.46. The second-order valence-corrected chi connectivity index (χ2v) is 20.7. The molecule has 2 aliphatic rings. The molecule has 1 amide bonds. The van der Waals surface area contributed by atoms with Crippen LogP contribution in [0.5, 0.6) is 0 Å². The van der Waals surface area contributed by atoms with Gasteiger partial charge in [-0.15, -0.1) is 0 Å². The Bertz CT molecular complexity index is 1410. The van der Waals surface area contributed by atoms with Crippen LogP contribution in [0.25, 0.3) is 0 Å². The van der Waals surface area contributed by atoms with Gasteiger partial charge in [-0.3, -0.25) is 4.79 Å². The molecule has 12 unspecified atom stereocenters. The van der Waals surface area contributed by atoms with Crippen LogP contribution in [0.1, 0.15) is 226 Å². The van der Waals surface area contributed by atoms with Gasteiger partial charge in [-0.05, 0) is 51.4 Å². The van der Waals surface area contributed by atoms with Crippen LogP contribution in [0.15, 0.2) is 48.6 Å². The Morgan fingerprint density at radius 2 is 0.945 bits per heavy atom. The second-order valence-electron chi connectivity index (χ2n) is 20.7. The summed E-state index contributed by atoms with van der Waals surface area (Å²) < 4.78 is 22.8. The van der Waals surface area contributed by atoms with Crippen molar-refractivity contribution in [2.24, 2.45) is 0 Å². The van der Waals surface area contributed by atoms with E-state index in [1.54, 1.807) is 0 Å². The van der Waals surface area contributed by atoms with Crippen molar-refractivity contribution in [1.82, 2.24) is 5.32 Å². The molecule has 0 saturated carbocycles. The van der Waals surface area contributed by atoms with E-state index in [1.807, 2.05) is 0 Å². The number of ether oxygens (including phenoxy) is 4. The average Bonchev–Trinajstić information content (AvgIpc) is 3.39. The number of hydrogen-bond donors (Lipinski definition) is 9. The molecular formula is C59H107NO13. The molecule has 2 saturated heterocycles. The number of carbonyl (C=O) groups is 1. The number of rotatable bonds is 46. The Hall–Kier alpha value is -2.05. The first-order valence-corrected chi connectivity index (χ1v) is 29.4. The Morgan fingerprint density at radius 1 is 0.507 bits per heavy atom. The molecule has 9 N–H and O–H groups in total. The van der Waals surface area contributed by atoms with Crippen molar-refractivity contribution in [2.45, 2.75) is 299 Å². The van der Waals surface area contributed by atoms with Gasteiger partial charge in [0.15, 0.2) is 12.6 Å². The van der Waals surface area contributed by atoms with Gasteiger partial charge in [0, 0.05) is 6.42 Å². The number of nitrogens with one attached hydrogen (secondary N) is 1. The highest BCUT2D eigenvalue weighted by molar-refractivity contribution is 5.76. The molecule has 73 heavy (non-hydrogen) atoms. The van der Waals surface area contributed by atoms with Gasteiger partial charge in [-0.25, -0.2) is 0 Å². The number of unbranched alkanes of at least 4 members (excludes halogenated alkanes) is 25. The largest absolute Gasteiger partial charge is 0.394 e. The van der Waals surface area contributed by atoms with Gasteiger partial charge in [-0.2, -0.15) is 0 Å². The first-order chi connectivity index (χ1) is 35.6. The third-order valence-corrected chi connectivity index (χ3v) is 14.3. The van der Waals surface area contributed by atoms with E-state index in [4.69, 9.17) is 18.9 Å². The van der Waals surface area contributed by atoms with Crippen molar-refractivity contribution in [3.8, 4) is 0 Å². The minimum atomic E-state index is -1.78. The number of aliphatic hydroxyl groups excluding tert-OH is 8. The summed E-state index contributed by atoms with van der Waals surface area (Å²) in [5.74, 6) is -0.212. The summed E-state index contributed by atoms with van der Waals surface area (Å²) >= 11 is 0. The lowest BCUT2D eigenvalue weighted by atomic mass is 9.97. The summed E-state index contributed by atoms with van der Waals surface area (Å²) in [5.41, 5.74) is 0. The van der Waals surface area contributed by atoms with E-state index in [2.05, 4.69) is 67.8 Å². The van der Waals surface area contributed by atoms with E-state index >= 15 is 0 Å². The zero-order chi connectivity index (χ0) is 53.2. The van der Waals surface area contributed by atoms with Crippen LogP contribution in [-0.2, 0) is 23.7 Å². The van der Waals surface area contributed by atoms with Crippen LogP contribution >= 0.6 is 0 Å². The highest BCUT2D eigenvalue weighted by Crippen LogP contribution is 2.30. The predicted molar refractivity (Wildman–Crippen MR) is 291 cm³/mol. The fraction of sp³-hybridized carbons (Fsp3) is 0.847. The average molecular weight is 1040 g/mol. The lowest BCUT2D eigenvalue weighted by Crippen LogP contribution is -2.65. The summed E-state index contributed by atoms with van der Waals surface area (Å²) in [6, 6.07) is -0.832. The molecule has 14 nitrogen and oxygen atoms in total. The quantitative estimate of drug-likeness (QED) is 0.0205. The lowest BCUT2D eigenvalue weighted by molar-refractivity contribution is -0.359. The van der Waals surface area contributed by atoms with Crippen LogP contribution in [0.4, 0.5) is 0 Å². The molecule has 0 aliphatic carbocycles. The smallest absolute Gasteiger partial charge is 0.220 e. The maximum Gasteiger partial charge on any atom is 0.220 e. The normalized spacial score (nSPS) is 25.7. The molecular weight excluding hydrogens is 931 g/mol. The van der Waals surface area contributed by atoms with Crippen molar-refractivity contribution in [3.05, 3.63) is 48.6 Å². The molecule has 12 atom stereocenters. The molecule has 2 rings (SSSR count). The minimum Gasteiger partial charge on any atom is -0.394 e. The first kappa shape index (κ1) is 67.1. The van der Waals surface area contributed by atoms with Crippen LogP contribution in [0.2, 0.25) is 0 Å². The molecule has 2 heterocycles. The Balaban J connectivity index is 1.75. The number of aliphatic hydroxyl groups is 8. The minimum absolute atomic E-state index is 0.212. The standard InChI is InChI=1S/C59H107NO13/c1-3-5-7-9-11-13-15-17-19-21-22-23-24-25-26-27-29-31-33-35-37-39-41-43-51(64)60-47(48(63)42-40-38-36-34-32-30-28-20-18-16-14-12-10-8-6-4-2)46-70-58-56(69)54(67)57(50(45-62)72-58)73-59-55(68)53(66)52(65)49(44-61)71-59/h5,7,11,13,17,19,22-23,47-50,52-59,61-63,65-69H,3-4,6,8-10,12,14-16,18,20-21,24-46H2,1-2H3,(H,60,64)/b7-5-,13-11-,19-17-,23-22-. The molecule has 0 aromatic heterocycles.